The maximum absolute atomic E-state index is 6.04. The lowest BCUT2D eigenvalue weighted by atomic mass is 10.2. The van der Waals surface area contributed by atoms with Crippen LogP contribution in [0, 0.1) is 3.57 Å². The third kappa shape index (κ3) is 3.99. The van der Waals surface area contributed by atoms with Crippen LogP contribution in [0.5, 0.6) is 0 Å². The molecule has 0 heterocycles. The number of hydrogen-bond donors (Lipinski definition) is 1. The molecule has 0 aliphatic rings. The summed E-state index contributed by atoms with van der Waals surface area (Å²) in [5.74, 6) is 0. The van der Waals surface area contributed by atoms with Crippen LogP contribution in [0.15, 0.2) is 41.5 Å². The molecule has 0 unspecified atom stereocenters. The van der Waals surface area contributed by atoms with Crippen molar-refractivity contribution in [1.29, 1.82) is 0 Å². The number of benzene rings is 2. The van der Waals surface area contributed by atoms with E-state index in [0.717, 1.165) is 9.13 Å². The third-order valence-electron chi connectivity index (χ3n) is 2.29. The van der Waals surface area contributed by atoms with Gasteiger partial charge in [0.25, 0.3) is 0 Å². The first-order chi connectivity index (χ1) is 9.08. The van der Waals surface area contributed by atoms with Crippen molar-refractivity contribution in [3.05, 3.63) is 60.6 Å². The predicted molar refractivity (Wildman–Crippen MR) is 91.8 cm³/mol. The number of rotatable bonds is 3. The molecule has 0 spiro atoms. The van der Waals surface area contributed by atoms with Crippen LogP contribution < -0.4 is 5.43 Å². The molecular weight excluding hydrogens is 417 g/mol. The van der Waals surface area contributed by atoms with E-state index in [9.17, 15) is 0 Å². The maximum atomic E-state index is 6.04. The standard InChI is InChI=1S/C13H8Cl3IN2/c14-9-5-10(15)13(11(16)6-9)19-18-7-8-3-1-2-4-12(8)17/h1-7,19H. The van der Waals surface area contributed by atoms with Gasteiger partial charge in [0.15, 0.2) is 0 Å². The topological polar surface area (TPSA) is 24.4 Å². The van der Waals surface area contributed by atoms with Gasteiger partial charge < -0.3 is 0 Å². The smallest absolute Gasteiger partial charge is 0.0935 e. The minimum absolute atomic E-state index is 0.428. The predicted octanol–water partition coefficient (Wildman–Crippen LogP) is 5.70. The SMILES string of the molecule is Clc1cc(Cl)c(NN=Cc2ccccc2I)c(Cl)c1. The summed E-state index contributed by atoms with van der Waals surface area (Å²) in [6.07, 6.45) is 1.71. The van der Waals surface area contributed by atoms with Gasteiger partial charge in [-0.2, -0.15) is 5.10 Å². The summed E-state index contributed by atoms with van der Waals surface area (Å²) in [5.41, 5.74) is 4.38. The van der Waals surface area contributed by atoms with Crippen molar-refractivity contribution in [2.45, 2.75) is 0 Å². The summed E-state index contributed by atoms with van der Waals surface area (Å²) in [7, 11) is 0. The van der Waals surface area contributed by atoms with E-state index in [4.69, 9.17) is 34.8 Å². The molecule has 0 fully saturated rings. The zero-order valence-corrected chi connectivity index (χ0v) is 13.9. The Hall–Kier alpha value is -0.490. The molecule has 0 aliphatic heterocycles. The van der Waals surface area contributed by atoms with Crippen LogP contribution in [0.1, 0.15) is 5.56 Å². The van der Waals surface area contributed by atoms with E-state index < -0.39 is 0 Å². The van der Waals surface area contributed by atoms with Crippen molar-refractivity contribution >= 4 is 69.3 Å². The average molecular weight is 425 g/mol. The molecule has 0 radical (unpaired) electrons. The van der Waals surface area contributed by atoms with Gasteiger partial charge in [-0.15, -0.1) is 0 Å². The normalized spacial score (nSPS) is 10.9. The number of hydrogen-bond acceptors (Lipinski definition) is 2. The largest absolute Gasteiger partial charge is 0.275 e. The van der Waals surface area contributed by atoms with Gasteiger partial charge in [-0.25, -0.2) is 0 Å². The van der Waals surface area contributed by atoms with E-state index >= 15 is 0 Å². The zero-order valence-electron chi connectivity index (χ0n) is 9.50. The maximum Gasteiger partial charge on any atom is 0.0935 e. The molecule has 0 atom stereocenters. The van der Waals surface area contributed by atoms with Crippen molar-refractivity contribution in [3.8, 4) is 0 Å². The first-order valence-electron chi connectivity index (χ1n) is 5.26. The Morgan fingerprint density at radius 2 is 1.68 bits per heavy atom. The Morgan fingerprint density at radius 3 is 2.32 bits per heavy atom. The fraction of sp³-hybridized carbons (Fsp3) is 0. The highest BCUT2D eigenvalue weighted by Crippen LogP contribution is 2.33. The third-order valence-corrected chi connectivity index (χ3v) is 4.09. The molecule has 0 aromatic heterocycles. The minimum atomic E-state index is 0.428. The Bertz CT molecular complexity index is 606. The molecule has 0 bridgehead atoms. The zero-order chi connectivity index (χ0) is 13.8. The van der Waals surface area contributed by atoms with Crippen molar-refractivity contribution in [2.75, 3.05) is 5.43 Å². The average Bonchev–Trinajstić information content (AvgIpc) is 2.34. The number of halogens is 4. The van der Waals surface area contributed by atoms with Crippen molar-refractivity contribution < 1.29 is 0 Å². The van der Waals surface area contributed by atoms with E-state index in [2.05, 4.69) is 33.1 Å². The van der Waals surface area contributed by atoms with E-state index in [0.29, 0.717) is 20.8 Å². The number of nitrogens with one attached hydrogen (secondary N) is 1. The van der Waals surface area contributed by atoms with Crippen LogP contribution in [0.3, 0.4) is 0 Å². The van der Waals surface area contributed by atoms with Crippen LogP contribution in [-0.2, 0) is 0 Å². The second-order valence-electron chi connectivity index (χ2n) is 3.64. The fourth-order valence-corrected chi connectivity index (χ4v) is 2.82. The van der Waals surface area contributed by atoms with Crippen LogP contribution in [0.25, 0.3) is 0 Å². The highest BCUT2D eigenvalue weighted by molar-refractivity contribution is 14.1. The van der Waals surface area contributed by atoms with Gasteiger partial charge in [0.1, 0.15) is 0 Å². The van der Waals surface area contributed by atoms with Crippen molar-refractivity contribution in [2.24, 2.45) is 5.10 Å². The molecule has 2 rings (SSSR count). The van der Waals surface area contributed by atoms with Gasteiger partial charge in [0.2, 0.25) is 0 Å². The van der Waals surface area contributed by atoms with Gasteiger partial charge in [-0.3, -0.25) is 5.43 Å². The molecule has 2 nitrogen and oxygen atoms in total. The summed E-state index contributed by atoms with van der Waals surface area (Å²) in [4.78, 5) is 0. The minimum Gasteiger partial charge on any atom is -0.275 e. The van der Waals surface area contributed by atoms with Gasteiger partial charge in [-0.1, -0.05) is 53.0 Å². The second-order valence-corrected chi connectivity index (χ2v) is 6.05. The summed E-state index contributed by atoms with van der Waals surface area (Å²) in [5, 5.41) is 5.48. The van der Waals surface area contributed by atoms with E-state index in [1.54, 1.807) is 18.3 Å². The van der Waals surface area contributed by atoms with Crippen LogP contribution in [0.2, 0.25) is 15.1 Å². The first kappa shape index (κ1) is 14.9. The summed E-state index contributed by atoms with van der Waals surface area (Å²) in [6, 6.07) is 11.1. The molecule has 1 N–H and O–H groups in total. The molecule has 19 heavy (non-hydrogen) atoms. The lowest BCUT2D eigenvalue weighted by molar-refractivity contribution is 1.35. The molecular formula is C13H8Cl3IN2. The van der Waals surface area contributed by atoms with Crippen molar-refractivity contribution in [1.82, 2.24) is 0 Å². The Balaban J connectivity index is 2.18. The fourth-order valence-electron chi connectivity index (χ4n) is 1.40. The van der Waals surface area contributed by atoms with Gasteiger partial charge in [0.05, 0.1) is 21.9 Å². The van der Waals surface area contributed by atoms with Gasteiger partial charge in [0, 0.05) is 14.2 Å². The Kier molecular flexibility index (Phi) is 5.33. The second kappa shape index (κ2) is 6.79. The first-order valence-corrected chi connectivity index (χ1v) is 7.47. The molecule has 0 amide bonds. The molecule has 0 saturated heterocycles. The summed E-state index contributed by atoms with van der Waals surface area (Å²) < 4.78 is 1.11. The number of hydrazone groups is 1. The van der Waals surface area contributed by atoms with E-state index in [-0.39, 0.29) is 0 Å². The Morgan fingerprint density at radius 1 is 1.05 bits per heavy atom. The quantitative estimate of drug-likeness (QED) is 0.381. The van der Waals surface area contributed by atoms with Gasteiger partial charge in [-0.05, 0) is 40.8 Å². The monoisotopic (exact) mass is 424 g/mol. The molecule has 0 aliphatic carbocycles. The summed E-state index contributed by atoms with van der Waals surface area (Å²) in [6.45, 7) is 0. The van der Waals surface area contributed by atoms with E-state index in [1.165, 1.54) is 0 Å². The van der Waals surface area contributed by atoms with Crippen LogP contribution in [-0.4, -0.2) is 6.21 Å². The highest BCUT2D eigenvalue weighted by Gasteiger charge is 2.06. The summed E-state index contributed by atoms with van der Waals surface area (Å²) >= 11 is 20.2. The lowest BCUT2D eigenvalue weighted by Gasteiger charge is -2.06. The van der Waals surface area contributed by atoms with Crippen molar-refractivity contribution in [3.63, 3.8) is 0 Å². The highest BCUT2D eigenvalue weighted by atomic mass is 127. The molecule has 0 saturated carbocycles. The van der Waals surface area contributed by atoms with Crippen LogP contribution in [0.4, 0.5) is 5.69 Å². The molecule has 2 aromatic rings. The number of anilines is 1. The molecule has 6 heteroatoms. The molecule has 98 valence electrons. The lowest BCUT2D eigenvalue weighted by Crippen LogP contribution is -1.94. The Labute approximate surface area is 139 Å². The van der Waals surface area contributed by atoms with Gasteiger partial charge >= 0.3 is 0 Å². The van der Waals surface area contributed by atoms with Crippen LogP contribution >= 0.6 is 57.4 Å². The number of nitrogens with zero attached hydrogens (tertiary/aromatic N) is 1. The molecule has 2 aromatic carbocycles. The van der Waals surface area contributed by atoms with E-state index in [1.807, 2.05) is 24.3 Å².